The standard InChI is InChI=1S/C15H18ClN3O2/c1-10(2)21-14-12(16)5-4-6-13(14)18-15(20)11(3)19-8-7-17-9-19/h4-11H,1-3H3,(H,18,20)/t11-/m0/s1. The summed E-state index contributed by atoms with van der Waals surface area (Å²) in [4.78, 5) is 16.2. The second kappa shape index (κ2) is 6.63. The number of amides is 1. The van der Waals surface area contributed by atoms with Gasteiger partial charge in [0.1, 0.15) is 6.04 Å². The first-order valence-corrected chi connectivity index (χ1v) is 7.10. The predicted octanol–water partition coefficient (Wildman–Crippen LogP) is 3.52. The number of nitrogens with zero attached hydrogens (tertiary/aromatic N) is 2. The Morgan fingerprint density at radius 2 is 2.14 bits per heavy atom. The Hall–Kier alpha value is -2.01. The van der Waals surface area contributed by atoms with Crippen LogP contribution in [-0.2, 0) is 4.79 Å². The van der Waals surface area contributed by atoms with Crippen LogP contribution in [0.4, 0.5) is 5.69 Å². The molecule has 0 spiro atoms. The number of aromatic nitrogens is 2. The minimum atomic E-state index is -0.376. The van der Waals surface area contributed by atoms with Gasteiger partial charge in [0.05, 0.1) is 23.1 Å². The molecule has 1 aromatic carbocycles. The van der Waals surface area contributed by atoms with Crippen LogP contribution in [0.1, 0.15) is 26.8 Å². The van der Waals surface area contributed by atoms with Crippen LogP contribution < -0.4 is 10.1 Å². The summed E-state index contributed by atoms with van der Waals surface area (Å²) in [6, 6.07) is 4.89. The molecule has 0 unspecified atom stereocenters. The molecule has 21 heavy (non-hydrogen) atoms. The summed E-state index contributed by atoms with van der Waals surface area (Å²) in [5.41, 5.74) is 0.563. The number of halogens is 1. The summed E-state index contributed by atoms with van der Waals surface area (Å²) in [5.74, 6) is 0.323. The zero-order valence-corrected chi connectivity index (χ0v) is 13.0. The monoisotopic (exact) mass is 307 g/mol. The third kappa shape index (κ3) is 3.76. The van der Waals surface area contributed by atoms with E-state index < -0.39 is 0 Å². The number of rotatable bonds is 5. The van der Waals surface area contributed by atoms with Gasteiger partial charge in [-0.2, -0.15) is 0 Å². The van der Waals surface area contributed by atoms with Crippen molar-refractivity contribution in [3.05, 3.63) is 41.9 Å². The number of carbonyl (C=O) groups excluding carboxylic acids is 1. The van der Waals surface area contributed by atoms with Crippen molar-refractivity contribution >= 4 is 23.2 Å². The fourth-order valence-corrected chi connectivity index (χ4v) is 2.05. The third-order valence-corrected chi connectivity index (χ3v) is 3.23. The van der Waals surface area contributed by atoms with Crippen molar-refractivity contribution in [2.75, 3.05) is 5.32 Å². The van der Waals surface area contributed by atoms with E-state index in [1.165, 1.54) is 0 Å². The molecule has 1 atom stereocenters. The fraction of sp³-hybridized carbons (Fsp3) is 0.333. The Morgan fingerprint density at radius 1 is 1.38 bits per heavy atom. The van der Waals surface area contributed by atoms with Gasteiger partial charge in [-0.05, 0) is 32.9 Å². The molecule has 0 saturated carbocycles. The largest absolute Gasteiger partial charge is 0.487 e. The molecule has 0 aliphatic carbocycles. The maximum Gasteiger partial charge on any atom is 0.247 e. The minimum absolute atomic E-state index is 0.0355. The van der Waals surface area contributed by atoms with Gasteiger partial charge < -0.3 is 14.6 Å². The zero-order chi connectivity index (χ0) is 15.4. The molecule has 1 amide bonds. The molecule has 0 bridgehead atoms. The highest BCUT2D eigenvalue weighted by molar-refractivity contribution is 6.32. The maximum absolute atomic E-state index is 12.3. The highest BCUT2D eigenvalue weighted by Crippen LogP contribution is 2.34. The zero-order valence-electron chi connectivity index (χ0n) is 12.2. The summed E-state index contributed by atoms with van der Waals surface area (Å²) >= 11 is 6.14. The molecule has 1 N–H and O–H groups in total. The van der Waals surface area contributed by atoms with Crippen LogP contribution in [0.2, 0.25) is 5.02 Å². The van der Waals surface area contributed by atoms with E-state index in [4.69, 9.17) is 16.3 Å². The average Bonchev–Trinajstić information content (AvgIpc) is 2.95. The van der Waals surface area contributed by atoms with Crippen LogP contribution >= 0.6 is 11.6 Å². The molecule has 2 rings (SSSR count). The Balaban J connectivity index is 2.19. The lowest BCUT2D eigenvalue weighted by Gasteiger charge is -2.18. The van der Waals surface area contributed by atoms with Crippen LogP contribution in [0.5, 0.6) is 5.75 Å². The highest BCUT2D eigenvalue weighted by atomic mass is 35.5. The lowest BCUT2D eigenvalue weighted by atomic mass is 10.2. The van der Waals surface area contributed by atoms with Gasteiger partial charge in [-0.3, -0.25) is 4.79 Å². The quantitative estimate of drug-likeness (QED) is 0.919. The Labute approximate surface area is 128 Å². The van der Waals surface area contributed by atoms with Gasteiger partial charge in [-0.1, -0.05) is 17.7 Å². The van der Waals surface area contributed by atoms with Gasteiger partial charge in [0.15, 0.2) is 5.75 Å². The Kier molecular flexibility index (Phi) is 4.85. The first-order chi connectivity index (χ1) is 9.99. The lowest BCUT2D eigenvalue weighted by Crippen LogP contribution is -2.23. The molecule has 1 aromatic heterocycles. The number of hydrogen-bond acceptors (Lipinski definition) is 3. The van der Waals surface area contributed by atoms with Crippen LogP contribution in [0, 0.1) is 0 Å². The molecular weight excluding hydrogens is 290 g/mol. The molecule has 5 nitrogen and oxygen atoms in total. The van der Waals surface area contributed by atoms with Crippen molar-refractivity contribution in [3.63, 3.8) is 0 Å². The van der Waals surface area contributed by atoms with Crippen molar-refractivity contribution in [1.82, 2.24) is 9.55 Å². The number of carbonyl (C=O) groups is 1. The maximum atomic E-state index is 12.3. The van der Waals surface area contributed by atoms with Crippen molar-refractivity contribution in [2.24, 2.45) is 0 Å². The first-order valence-electron chi connectivity index (χ1n) is 6.72. The fourth-order valence-electron chi connectivity index (χ4n) is 1.83. The van der Waals surface area contributed by atoms with E-state index >= 15 is 0 Å². The van der Waals surface area contributed by atoms with E-state index in [2.05, 4.69) is 10.3 Å². The van der Waals surface area contributed by atoms with Crippen LogP contribution in [-0.4, -0.2) is 21.6 Å². The van der Waals surface area contributed by atoms with E-state index in [-0.39, 0.29) is 18.1 Å². The van der Waals surface area contributed by atoms with E-state index in [0.717, 1.165) is 0 Å². The molecule has 0 radical (unpaired) electrons. The van der Waals surface area contributed by atoms with Crippen LogP contribution in [0.25, 0.3) is 0 Å². The minimum Gasteiger partial charge on any atom is -0.487 e. The number of hydrogen-bond donors (Lipinski definition) is 1. The van der Waals surface area contributed by atoms with Gasteiger partial charge in [0, 0.05) is 12.4 Å². The molecular formula is C15H18ClN3O2. The van der Waals surface area contributed by atoms with E-state index in [9.17, 15) is 4.79 Å². The van der Waals surface area contributed by atoms with Gasteiger partial charge in [0.25, 0.3) is 0 Å². The molecule has 6 heteroatoms. The molecule has 0 saturated heterocycles. The third-order valence-electron chi connectivity index (χ3n) is 2.93. The molecule has 1 heterocycles. The average molecular weight is 308 g/mol. The smallest absolute Gasteiger partial charge is 0.247 e. The predicted molar refractivity (Wildman–Crippen MR) is 82.8 cm³/mol. The highest BCUT2D eigenvalue weighted by Gasteiger charge is 2.18. The van der Waals surface area contributed by atoms with E-state index in [1.54, 1.807) is 48.4 Å². The summed E-state index contributed by atoms with van der Waals surface area (Å²) in [7, 11) is 0. The summed E-state index contributed by atoms with van der Waals surface area (Å²) in [5, 5.41) is 3.32. The molecule has 0 aliphatic rings. The van der Waals surface area contributed by atoms with Crippen molar-refractivity contribution < 1.29 is 9.53 Å². The Morgan fingerprint density at radius 3 is 2.76 bits per heavy atom. The number of imidazole rings is 1. The van der Waals surface area contributed by atoms with Crippen molar-refractivity contribution in [2.45, 2.75) is 32.9 Å². The van der Waals surface area contributed by atoms with Gasteiger partial charge in [-0.15, -0.1) is 0 Å². The SMILES string of the molecule is CC(C)Oc1c(Cl)cccc1NC(=O)[C@H](C)n1ccnc1. The van der Waals surface area contributed by atoms with Crippen LogP contribution in [0.15, 0.2) is 36.9 Å². The number of para-hydroxylation sites is 1. The Bertz CT molecular complexity index is 611. The summed E-state index contributed by atoms with van der Waals surface area (Å²) in [6.45, 7) is 5.61. The molecule has 2 aromatic rings. The lowest BCUT2D eigenvalue weighted by molar-refractivity contribution is -0.118. The normalized spacial score (nSPS) is 12.2. The van der Waals surface area contributed by atoms with Gasteiger partial charge in [-0.25, -0.2) is 4.98 Å². The number of nitrogens with one attached hydrogen (secondary N) is 1. The second-order valence-electron chi connectivity index (χ2n) is 4.96. The van der Waals surface area contributed by atoms with Crippen molar-refractivity contribution in [3.8, 4) is 5.75 Å². The molecule has 0 fully saturated rings. The van der Waals surface area contributed by atoms with E-state index in [1.807, 2.05) is 13.8 Å². The molecule has 112 valence electrons. The van der Waals surface area contributed by atoms with E-state index in [0.29, 0.717) is 16.5 Å². The number of anilines is 1. The topological polar surface area (TPSA) is 56.1 Å². The van der Waals surface area contributed by atoms with Crippen molar-refractivity contribution in [1.29, 1.82) is 0 Å². The number of benzene rings is 1. The summed E-state index contributed by atoms with van der Waals surface area (Å²) in [6.07, 6.45) is 4.95. The van der Waals surface area contributed by atoms with Gasteiger partial charge >= 0.3 is 0 Å². The van der Waals surface area contributed by atoms with Crippen LogP contribution in [0.3, 0.4) is 0 Å². The molecule has 0 aliphatic heterocycles. The summed E-state index contributed by atoms with van der Waals surface area (Å²) < 4.78 is 7.41. The second-order valence-corrected chi connectivity index (χ2v) is 5.37. The van der Waals surface area contributed by atoms with Gasteiger partial charge in [0.2, 0.25) is 5.91 Å². The number of ether oxygens (including phenoxy) is 1. The first kappa shape index (κ1) is 15.4.